The van der Waals surface area contributed by atoms with E-state index in [2.05, 4.69) is 4.98 Å². The van der Waals surface area contributed by atoms with Gasteiger partial charge in [0.2, 0.25) is 0 Å². The number of carbonyl (C=O) groups is 1. The molecule has 0 unspecified atom stereocenters. The number of hydrogen-bond acceptors (Lipinski definition) is 3. The molecule has 7 heteroatoms. The fourth-order valence-electron chi connectivity index (χ4n) is 1.84. The van der Waals surface area contributed by atoms with E-state index < -0.39 is 11.7 Å². The summed E-state index contributed by atoms with van der Waals surface area (Å²) in [6.07, 6.45) is -2.57. The molecule has 1 aromatic heterocycles. The van der Waals surface area contributed by atoms with Crippen LogP contribution in [0.5, 0.6) is 0 Å². The van der Waals surface area contributed by atoms with Crippen LogP contribution >= 0.6 is 11.6 Å². The van der Waals surface area contributed by atoms with E-state index in [-0.39, 0.29) is 23.2 Å². The maximum Gasteiger partial charge on any atom is 0.417 e. The second kappa shape index (κ2) is 4.76. The van der Waals surface area contributed by atoms with Crippen LogP contribution < -0.4 is 4.90 Å². The molecule has 0 aliphatic carbocycles. The first-order chi connectivity index (χ1) is 8.38. The maximum atomic E-state index is 12.4. The van der Waals surface area contributed by atoms with Crippen molar-refractivity contribution in [3.63, 3.8) is 0 Å². The van der Waals surface area contributed by atoms with Gasteiger partial charge in [-0.05, 0) is 12.5 Å². The zero-order chi connectivity index (χ0) is 13.3. The molecule has 1 aliphatic heterocycles. The number of alkyl halides is 3. The molecule has 2 heterocycles. The Bertz CT molecular complexity index is 476. The second-order valence-corrected chi connectivity index (χ2v) is 4.50. The van der Waals surface area contributed by atoms with E-state index in [1.807, 2.05) is 0 Å². The predicted octanol–water partition coefficient (Wildman–Crippen LogP) is 2.92. The number of carbonyl (C=O) groups excluding carboxylic acids is 1. The number of anilines is 1. The number of hydrogen-bond donors (Lipinski definition) is 0. The number of rotatable bonds is 1. The third kappa shape index (κ3) is 2.75. The fraction of sp³-hybridized carbons (Fsp3) is 0.455. The molecular weight excluding hydrogens is 269 g/mol. The number of piperidine rings is 1. The van der Waals surface area contributed by atoms with E-state index in [0.29, 0.717) is 19.4 Å². The summed E-state index contributed by atoms with van der Waals surface area (Å²) in [5.41, 5.74) is -0.889. The largest absolute Gasteiger partial charge is 0.417 e. The summed E-state index contributed by atoms with van der Waals surface area (Å²) >= 11 is 5.80. The molecule has 0 amide bonds. The minimum absolute atomic E-state index is 0.0408. The van der Waals surface area contributed by atoms with Gasteiger partial charge in [0.25, 0.3) is 0 Å². The number of halogens is 4. The molecule has 2 rings (SSSR count). The van der Waals surface area contributed by atoms with Gasteiger partial charge in [0.1, 0.15) is 5.82 Å². The van der Waals surface area contributed by atoms with Crippen molar-refractivity contribution in [1.29, 1.82) is 0 Å². The molecule has 1 fully saturated rings. The van der Waals surface area contributed by atoms with Crippen LogP contribution in [0.15, 0.2) is 12.3 Å². The highest BCUT2D eigenvalue weighted by molar-refractivity contribution is 6.33. The van der Waals surface area contributed by atoms with E-state index in [9.17, 15) is 18.0 Å². The van der Waals surface area contributed by atoms with Gasteiger partial charge in [-0.25, -0.2) is 4.98 Å². The van der Waals surface area contributed by atoms with E-state index in [0.717, 1.165) is 12.3 Å². The van der Waals surface area contributed by atoms with Crippen LogP contribution in [-0.2, 0) is 11.0 Å². The highest BCUT2D eigenvalue weighted by Crippen LogP contribution is 2.33. The van der Waals surface area contributed by atoms with Crippen LogP contribution in [0.25, 0.3) is 0 Å². The predicted molar refractivity (Wildman–Crippen MR) is 60.7 cm³/mol. The highest BCUT2D eigenvalue weighted by atomic mass is 35.5. The quantitative estimate of drug-likeness (QED) is 0.792. The number of ketones is 1. The average Bonchev–Trinajstić information content (AvgIpc) is 2.27. The first-order valence-corrected chi connectivity index (χ1v) is 5.75. The number of aromatic nitrogens is 1. The van der Waals surface area contributed by atoms with Crippen molar-refractivity contribution in [2.45, 2.75) is 19.0 Å². The maximum absolute atomic E-state index is 12.4. The molecule has 3 nitrogen and oxygen atoms in total. The number of nitrogens with zero attached hydrogens (tertiary/aromatic N) is 2. The molecule has 0 atom stereocenters. The van der Waals surface area contributed by atoms with Gasteiger partial charge in [-0.2, -0.15) is 13.2 Å². The van der Waals surface area contributed by atoms with Gasteiger partial charge in [-0.3, -0.25) is 4.79 Å². The van der Waals surface area contributed by atoms with Crippen LogP contribution in [0.2, 0.25) is 5.02 Å². The third-order valence-corrected chi connectivity index (χ3v) is 2.98. The molecule has 0 radical (unpaired) electrons. The van der Waals surface area contributed by atoms with Crippen molar-refractivity contribution in [3.8, 4) is 0 Å². The monoisotopic (exact) mass is 278 g/mol. The van der Waals surface area contributed by atoms with Crippen LogP contribution in [0.3, 0.4) is 0 Å². The van der Waals surface area contributed by atoms with E-state index in [4.69, 9.17) is 11.6 Å². The van der Waals surface area contributed by atoms with Crippen LogP contribution in [0.1, 0.15) is 18.4 Å². The summed E-state index contributed by atoms with van der Waals surface area (Å²) in [5.74, 6) is 0.275. The topological polar surface area (TPSA) is 33.2 Å². The standard InChI is InChI=1S/C11H10ClF3N2O/c12-9-4-7(11(13,14)15)5-16-10(9)17-3-1-2-8(18)6-17/h4-5H,1-3,6H2. The normalized spacial score (nSPS) is 17.1. The Morgan fingerprint density at radius 2 is 2.11 bits per heavy atom. The van der Waals surface area contributed by atoms with Crippen molar-refractivity contribution in [2.75, 3.05) is 18.0 Å². The van der Waals surface area contributed by atoms with Crippen molar-refractivity contribution in [3.05, 3.63) is 22.8 Å². The minimum Gasteiger partial charge on any atom is -0.348 e. The summed E-state index contributed by atoms with van der Waals surface area (Å²) < 4.78 is 37.3. The number of pyridine rings is 1. The van der Waals surface area contributed by atoms with Crippen molar-refractivity contribution < 1.29 is 18.0 Å². The molecule has 0 spiro atoms. The Labute approximate surface area is 107 Å². The average molecular weight is 279 g/mol. The van der Waals surface area contributed by atoms with Crippen LogP contribution in [-0.4, -0.2) is 23.9 Å². The molecule has 0 N–H and O–H groups in total. The lowest BCUT2D eigenvalue weighted by atomic mass is 10.1. The smallest absolute Gasteiger partial charge is 0.348 e. The minimum atomic E-state index is -4.47. The molecule has 18 heavy (non-hydrogen) atoms. The van der Waals surface area contributed by atoms with Gasteiger partial charge >= 0.3 is 6.18 Å². The summed E-state index contributed by atoms with van der Waals surface area (Å²) in [6.45, 7) is 0.724. The Morgan fingerprint density at radius 3 is 2.67 bits per heavy atom. The van der Waals surface area contributed by atoms with Crippen molar-refractivity contribution in [1.82, 2.24) is 4.98 Å². The Kier molecular flexibility index (Phi) is 3.47. The van der Waals surface area contributed by atoms with E-state index in [1.165, 1.54) is 0 Å². The molecule has 98 valence electrons. The van der Waals surface area contributed by atoms with Crippen LogP contribution in [0.4, 0.5) is 19.0 Å². The first kappa shape index (κ1) is 13.1. The Balaban J connectivity index is 2.27. The second-order valence-electron chi connectivity index (χ2n) is 4.09. The van der Waals surface area contributed by atoms with Gasteiger partial charge in [-0.15, -0.1) is 0 Å². The molecule has 0 bridgehead atoms. The molecular formula is C11H10ClF3N2O. The van der Waals surface area contributed by atoms with Crippen molar-refractivity contribution in [2.24, 2.45) is 0 Å². The fourth-order valence-corrected chi connectivity index (χ4v) is 2.12. The van der Waals surface area contributed by atoms with Crippen LogP contribution in [0, 0.1) is 0 Å². The molecule has 0 aromatic carbocycles. The van der Waals surface area contributed by atoms with Gasteiger partial charge in [0.05, 0.1) is 17.1 Å². The summed E-state index contributed by atoms with van der Waals surface area (Å²) in [5, 5.41) is -0.0838. The van der Waals surface area contributed by atoms with E-state index in [1.54, 1.807) is 4.90 Å². The van der Waals surface area contributed by atoms with Gasteiger partial charge in [0.15, 0.2) is 5.78 Å². The summed E-state index contributed by atoms with van der Waals surface area (Å²) in [7, 11) is 0. The lowest BCUT2D eigenvalue weighted by molar-refractivity contribution is -0.137. The summed E-state index contributed by atoms with van der Waals surface area (Å²) in [6, 6.07) is 0.836. The highest BCUT2D eigenvalue weighted by Gasteiger charge is 2.32. The zero-order valence-corrected chi connectivity index (χ0v) is 10.1. The lowest BCUT2D eigenvalue weighted by Crippen LogP contribution is -2.36. The number of Topliss-reactive ketones (excluding diaryl/α,β-unsaturated/α-hetero) is 1. The Hall–Kier alpha value is -1.30. The zero-order valence-electron chi connectivity index (χ0n) is 9.30. The lowest BCUT2D eigenvalue weighted by Gasteiger charge is -2.27. The van der Waals surface area contributed by atoms with E-state index >= 15 is 0 Å². The van der Waals surface area contributed by atoms with Crippen molar-refractivity contribution >= 4 is 23.2 Å². The molecule has 1 aromatic rings. The summed E-state index contributed by atoms with van der Waals surface area (Å²) in [4.78, 5) is 16.6. The first-order valence-electron chi connectivity index (χ1n) is 5.37. The van der Waals surface area contributed by atoms with Gasteiger partial charge in [-0.1, -0.05) is 11.6 Å². The molecule has 1 saturated heterocycles. The van der Waals surface area contributed by atoms with Gasteiger partial charge < -0.3 is 4.90 Å². The molecule has 1 aliphatic rings. The third-order valence-electron chi connectivity index (χ3n) is 2.70. The molecule has 0 saturated carbocycles. The Morgan fingerprint density at radius 1 is 1.39 bits per heavy atom. The SMILES string of the molecule is O=C1CCCN(c2ncc(C(F)(F)F)cc2Cl)C1. The van der Waals surface area contributed by atoms with Gasteiger partial charge in [0, 0.05) is 19.2 Å².